The Labute approximate surface area is 172 Å². The van der Waals surface area contributed by atoms with E-state index in [2.05, 4.69) is 34.6 Å². The number of nitrogens with zero attached hydrogens (tertiary/aromatic N) is 1. The maximum atomic E-state index is 12.3. The number of hydrogen-bond donors (Lipinski definition) is 2. The van der Waals surface area contributed by atoms with Gasteiger partial charge in [-0.2, -0.15) is 0 Å². The number of aromatic nitrogens is 1. The summed E-state index contributed by atoms with van der Waals surface area (Å²) >= 11 is 1.17. The van der Waals surface area contributed by atoms with Gasteiger partial charge in [-0.05, 0) is 36.1 Å². The number of aliphatic carboxylic acids is 1. The summed E-state index contributed by atoms with van der Waals surface area (Å²) < 4.78 is 5.49. The van der Waals surface area contributed by atoms with Crippen LogP contribution in [-0.2, 0) is 14.9 Å². The fourth-order valence-corrected chi connectivity index (χ4v) is 4.31. The summed E-state index contributed by atoms with van der Waals surface area (Å²) in [5.74, 6) is -0.999. The Morgan fingerprint density at radius 3 is 2.28 bits per heavy atom. The standard InChI is InChI=1S/C22H20N2O4S/c1-22(2,19(25)26)18-12-29-20(23-18)24-21(27)28-11-17-15-9-5-3-7-13(15)14-8-4-6-10-16(14)17/h3-10,12,17H,11H2,1-2H3,(H,25,26)(H,23,24,27). The summed E-state index contributed by atoms with van der Waals surface area (Å²) in [7, 11) is 0. The summed E-state index contributed by atoms with van der Waals surface area (Å²) in [5, 5.41) is 13.8. The lowest BCUT2D eigenvalue weighted by molar-refractivity contribution is -0.142. The van der Waals surface area contributed by atoms with Crippen molar-refractivity contribution in [2.24, 2.45) is 0 Å². The number of amides is 1. The van der Waals surface area contributed by atoms with E-state index in [4.69, 9.17) is 4.74 Å². The van der Waals surface area contributed by atoms with Gasteiger partial charge in [0.1, 0.15) is 12.0 Å². The summed E-state index contributed by atoms with van der Waals surface area (Å²) in [4.78, 5) is 27.9. The first-order valence-electron chi connectivity index (χ1n) is 9.19. The second-order valence-corrected chi connectivity index (χ2v) is 8.28. The molecular weight excluding hydrogens is 388 g/mol. The van der Waals surface area contributed by atoms with E-state index < -0.39 is 17.5 Å². The second-order valence-electron chi connectivity index (χ2n) is 7.42. The van der Waals surface area contributed by atoms with Crippen molar-refractivity contribution in [2.75, 3.05) is 11.9 Å². The van der Waals surface area contributed by atoms with Crippen LogP contribution in [0.1, 0.15) is 36.6 Å². The molecule has 7 heteroatoms. The van der Waals surface area contributed by atoms with Crippen LogP contribution in [0.3, 0.4) is 0 Å². The van der Waals surface area contributed by atoms with Crippen LogP contribution in [0.5, 0.6) is 0 Å². The maximum absolute atomic E-state index is 12.3. The lowest BCUT2D eigenvalue weighted by Crippen LogP contribution is -2.29. The predicted molar refractivity (Wildman–Crippen MR) is 111 cm³/mol. The van der Waals surface area contributed by atoms with Crippen molar-refractivity contribution in [2.45, 2.75) is 25.2 Å². The molecule has 0 bridgehead atoms. The Bertz CT molecular complexity index is 1040. The number of nitrogens with one attached hydrogen (secondary N) is 1. The first-order valence-corrected chi connectivity index (χ1v) is 10.1. The average Bonchev–Trinajstić information content (AvgIpc) is 3.29. The van der Waals surface area contributed by atoms with Crippen molar-refractivity contribution in [3.8, 4) is 11.1 Å². The van der Waals surface area contributed by atoms with Gasteiger partial charge in [-0.15, -0.1) is 11.3 Å². The van der Waals surface area contributed by atoms with Crippen LogP contribution < -0.4 is 5.32 Å². The van der Waals surface area contributed by atoms with Crippen LogP contribution in [0.2, 0.25) is 0 Å². The van der Waals surface area contributed by atoms with Gasteiger partial charge >= 0.3 is 12.1 Å². The first-order chi connectivity index (χ1) is 13.9. The smallest absolute Gasteiger partial charge is 0.413 e. The number of benzene rings is 2. The molecule has 1 aromatic heterocycles. The van der Waals surface area contributed by atoms with Gasteiger partial charge in [0, 0.05) is 11.3 Å². The van der Waals surface area contributed by atoms with Crippen LogP contribution in [0, 0.1) is 0 Å². The minimum Gasteiger partial charge on any atom is -0.481 e. The molecule has 0 fully saturated rings. The van der Waals surface area contributed by atoms with E-state index in [0.717, 1.165) is 22.3 Å². The fourth-order valence-electron chi connectivity index (χ4n) is 3.45. The van der Waals surface area contributed by atoms with Gasteiger partial charge in [0.05, 0.1) is 5.69 Å². The largest absolute Gasteiger partial charge is 0.481 e. The molecule has 2 N–H and O–H groups in total. The highest BCUT2D eigenvalue weighted by molar-refractivity contribution is 7.13. The third kappa shape index (κ3) is 3.49. The van der Waals surface area contributed by atoms with Gasteiger partial charge in [-0.1, -0.05) is 48.5 Å². The zero-order valence-electron chi connectivity index (χ0n) is 16.0. The van der Waals surface area contributed by atoms with E-state index in [1.165, 1.54) is 11.3 Å². The van der Waals surface area contributed by atoms with Crippen molar-refractivity contribution < 1.29 is 19.4 Å². The maximum Gasteiger partial charge on any atom is 0.413 e. The molecule has 29 heavy (non-hydrogen) atoms. The van der Waals surface area contributed by atoms with Crippen LogP contribution in [-0.4, -0.2) is 28.8 Å². The number of ether oxygens (including phenoxy) is 1. The summed E-state index contributed by atoms with van der Waals surface area (Å²) in [6.45, 7) is 3.35. The molecule has 0 spiro atoms. The van der Waals surface area contributed by atoms with Gasteiger partial charge in [-0.25, -0.2) is 9.78 Å². The molecule has 3 aromatic rings. The molecule has 2 aromatic carbocycles. The molecule has 6 nitrogen and oxygen atoms in total. The number of carboxylic acid groups (broad SMARTS) is 1. The molecule has 0 unspecified atom stereocenters. The number of carboxylic acids is 1. The van der Waals surface area contributed by atoms with Crippen LogP contribution in [0.25, 0.3) is 11.1 Å². The summed E-state index contributed by atoms with van der Waals surface area (Å²) in [6, 6.07) is 16.3. The lowest BCUT2D eigenvalue weighted by Gasteiger charge is -2.15. The Morgan fingerprint density at radius 1 is 1.10 bits per heavy atom. The fraction of sp³-hybridized carbons (Fsp3) is 0.227. The molecule has 1 aliphatic rings. The quantitative estimate of drug-likeness (QED) is 0.629. The number of thiazole rings is 1. The van der Waals surface area contributed by atoms with Crippen LogP contribution in [0.15, 0.2) is 53.9 Å². The minimum absolute atomic E-state index is 0.0223. The number of carbonyl (C=O) groups is 2. The Kier molecular flexibility index (Phi) is 4.84. The second kappa shape index (κ2) is 7.33. The van der Waals surface area contributed by atoms with E-state index in [-0.39, 0.29) is 12.5 Å². The van der Waals surface area contributed by atoms with E-state index in [1.54, 1.807) is 19.2 Å². The van der Waals surface area contributed by atoms with Gasteiger partial charge in [-0.3, -0.25) is 10.1 Å². The van der Waals surface area contributed by atoms with Crippen molar-refractivity contribution in [1.29, 1.82) is 0 Å². The predicted octanol–water partition coefficient (Wildman–Crippen LogP) is 4.87. The molecule has 0 atom stereocenters. The number of rotatable bonds is 5. The molecule has 1 aliphatic carbocycles. The van der Waals surface area contributed by atoms with Crippen molar-refractivity contribution >= 4 is 28.5 Å². The molecule has 148 valence electrons. The normalized spacial score (nSPS) is 12.9. The monoisotopic (exact) mass is 408 g/mol. The van der Waals surface area contributed by atoms with Crippen molar-refractivity contribution in [3.63, 3.8) is 0 Å². The third-order valence-corrected chi connectivity index (χ3v) is 5.99. The van der Waals surface area contributed by atoms with Crippen LogP contribution >= 0.6 is 11.3 Å². The SMILES string of the molecule is CC(C)(C(=O)O)c1csc(NC(=O)OCC2c3ccccc3-c3ccccc32)n1. The van der Waals surface area contributed by atoms with Crippen LogP contribution in [0.4, 0.5) is 9.93 Å². The van der Waals surface area contributed by atoms with Gasteiger partial charge in [0.25, 0.3) is 0 Å². The topological polar surface area (TPSA) is 88.5 Å². The molecule has 0 saturated heterocycles. The minimum atomic E-state index is -1.13. The molecule has 4 rings (SSSR count). The molecule has 1 heterocycles. The van der Waals surface area contributed by atoms with E-state index in [9.17, 15) is 14.7 Å². The van der Waals surface area contributed by atoms with Gasteiger partial charge in [0.2, 0.25) is 0 Å². The lowest BCUT2D eigenvalue weighted by atomic mass is 9.90. The zero-order chi connectivity index (χ0) is 20.6. The number of carbonyl (C=O) groups excluding carboxylic acids is 1. The Balaban J connectivity index is 1.45. The Hall–Kier alpha value is -3.19. The zero-order valence-corrected chi connectivity index (χ0v) is 16.8. The molecule has 0 saturated carbocycles. The number of hydrogen-bond acceptors (Lipinski definition) is 5. The summed E-state index contributed by atoms with van der Waals surface area (Å²) in [5.41, 5.74) is 3.87. The molecular formula is C22H20N2O4S. The molecule has 0 radical (unpaired) electrons. The van der Waals surface area contributed by atoms with Gasteiger partial charge in [0.15, 0.2) is 5.13 Å². The highest BCUT2D eigenvalue weighted by atomic mass is 32.1. The van der Waals surface area contributed by atoms with E-state index >= 15 is 0 Å². The Morgan fingerprint density at radius 2 is 1.69 bits per heavy atom. The number of fused-ring (bicyclic) bond motifs is 3. The third-order valence-electron chi connectivity index (χ3n) is 5.23. The molecule has 1 amide bonds. The van der Waals surface area contributed by atoms with E-state index in [1.807, 2.05) is 24.3 Å². The number of anilines is 1. The van der Waals surface area contributed by atoms with Crippen molar-refractivity contribution in [3.05, 3.63) is 70.7 Å². The van der Waals surface area contributed by atoms with Crippen molar-refractivity contribution in [1.82, 2.24) is 4.98 Å². The molecule has 0 aliphatic heterocycles. The summed E-state index contributed by atoms with van der Waals surface area (Å²) in [6.07, 6.45) is -0.610. The first kappa shape index (κ1) is 19.1. The highest BCUT2D eigenvalue weighted by Gasteiger charge is 2.32. The van der Waals surface area contributed by atoms with E-state index in [0.29, 0.717) is 10.8 Å². The highest BCUT2D eigenvalue weighted by Crippen LogP contribution is 2.44. The van der Waals surface area contributed by atoms with Gasteiger partial charge < -0.3 is 9.84 Å². The average molecular weight is 408 g/mol.